The average molecular weight is 441 g/mol. The van der Waals surface area contributed by atoms with Crippen molar-refractivity contribution in [2.75, 3.05) is 14.2 Å². The van der Waals surface area contributed by atoms with Crippen molar-refractivity contribution in [3.63, 3.8) is 0 Å². The van der Waals surface area contributed by atoms with Gasteiger partial charge < -0.3 is 4.74 Å². The number of halogens is 1. The standard InChI is InChI=1S/C22H17ClN2O2S2/c1-25-21(26)20(29-22(25)24-16-7-9-17(27-2)10-8-16)13-18-11-12-19(28-18)14-3-5-15(23)6-4-14/h3-13H,1-2H3. The number of hydrogen-bond donors (Lipinski definition) is 0. The Hall–Kier alpha value is -2.54. The van der Waals surface area contributed by atoms with Gasteiger partial charge >= 0.3 is 0 Å². The molecule has 0 atom stereocenters. The summed E-state index contributed by atoms with van der Waals surface area (Å²) in [6.45, 7) is 0. The number of likely N-dealkylation sites (N-methyl/N-ethyl adjacent to an activating group) is 1. The van der Waals surface area contributed by atoms with E-state index >= 15 is 0 Å². The van der Waals surface area contributed by atoms with Crippen LogP contribution < -0.4 is 4.74 Å². The van der Waals surface area contributed by atoms with E-state index in [9.17, 15) is 4.79 Å². The van der Waals surface area contributed by atoms with Gasteiger partial charge in [-0.25, -0.2) is 4.99 Å². The van der Waals surface area contributed by atoms with Gasteiger partial charge in [-0.15, -0.1) is 11.3 Å². The molecular formula is C22H17ClN2O2S2. The van der Waals surface area contributed by atoms with E-state index in [1.165, 1.54) is 11.8 Å². The number of methoxy groups -OCH3 is 1. The molecule has 2 heterocycles. The molecule has 1 amide bonds. The zero-order valence-electron chi connectivity index (χ0n) is 15.8. The second-order valence-corrected chi connectivity index (χ2v) is 8.84. The summed E-state index contributed by atoms with van der Waals surface area (Å²) in [7, 11) is 3.37. The van der Waals surface area contributed by atoms with Crippen LogP contribution in [0.15, 0.2) is 70.6 Å². The number of thiophene rings is 1. The quantitative estimate of drug-likeness (QED) is 0.446. The van der Waals surface area contributed by atoms with Gasteiger partial charge in [0.2, 0.25) is 0 Å². The van der Waals surface area contributed by atoms with Gasteiger partial charge in [0, 0.05) is 21.8 Å². The van der Waals surface area contributed by atoms with E-state index in [1.54, 1.807) is 30.4 Å². The highest BCUT2D eigenvalue weighted by Crippen LogP contribution is 2.36. The number of aliphatic imine (C=N–C) groups is 1. The predicted molar refractivity (Wildman–Crippen MR) is 123 cm³/mol. The molecule has 0 saturated carbocycles. The van der Waals surface area contributed by atoms with Crippen LogP contribution in [0.1, 0.15) is 4.88 Å². The first-order chi connectivity index (χ1) is 14.0. The smallest absolute Gasteiger partial charge is 0.266 e. The van der Waals surface area contributed by atoms with Crippen molar-refractivity contribution in [1.82, 2.24) is 4.90 Å². The third kappa shape index (κ3) is 4.40. The van der Waals surface area contributed by atoms with Crippen molar-refractivity contribution in [1.29, 1.82) is 0 Å². The lowest BCUT2D eigenvalue weighted by atomic mass is 10.2. The fourth-order valence-corrected chi connectivity index (χ4v) is 4.88. The number of amidine groups is 1. The molecule has 0 spiro atoms. The second-order valence-electron chi connectivity index (χ2n) is 6.28. The normalized spacial score (nSPS) is 16.8. The van der Waals surface area contributed by atoms with Crippen LogP contribution in [-0.2, 0) is 4.79 Å². The Morgan fingerprint density at radius 2 is 1.76 bits per heavy atom. The van der Waals surface area contributed by atoms with Gasteiger partial charge in [0.25, 0.3) is 5.91 Å². The SMILES string of the molecule is COc1ccc(N=C2SC(=Cc3ccc(-c4ccc(Cl)cc4)s3)C(=O)N2C)cc1. The van der Waals surface area contributed by atoms with E-state index in [0.717, 1.165) is 26.8 Å². The summed E-state index contributed by atoms with van der Waals surface area (Å²) in [6, 6.07) is 19.2. The molecule has 2 aromatic carbocycles. The maximum atomic E-state index is 12.7. The molecule has 1 aromatic heterocycles. The van der Waals surface area contributed by atoms with Crippen LogP contribution in [0.3, 0.4) is 0 Å². The van der Waals surface area contributed by atoms with Crippen molar-refractivity contribution in [3.8, 4) is 16.2 Å². The molecule has 7 heteroatoms. The molecule has 0 aliphatic carbocycles. The fraction of sp³-hybridized carbons (Fsp3) is 0.0909. The van der Waals surface area contributed by atoms with Crippen LogP contribution >= 0.6 is 34.7 Å². The maximum Gasteiger partial charge on any atom is 0.266 e. The minimum absolute atomic E-state index is 0.0521. The number of benzene rings is 2. The number of hydrogen-bond acceptors (Lipinski definition) is 5. The number of rotatable bonds is 4. The number of nitrogens with zero attached hydrogens (tertiary/aromatic N) is 2. The lowest BCUT2D eigenvalue weighted by Gasteiger charge is -2.07. The summed E-state index contributed by atoms with van der Waals surface area (Å²) in [5.41, 5.74) is 1.88. The summed E-state index contributed by atoms with van der Waals surface area (Å²) < 4.78 is 5.17. The molecule has 0 N–H and O–H groups in total. The fourth-order valence-electron chi connectivity index (χ4n) is 2.75. The summed E-state index contributed by atoms with van der Waals surface area (Å²) in [5.74, 6) is 0.718. The van der Waals surface area contributed by atoms with Gasteiger partial charge in [0.05, 0.1) is 17.7 Å². The molecule has 0 unspecified atom stereocenters. The highest BCUT2D eigenvalue weighted by atomic mass is 35.5. The van der Waals surface area contributed by atoms with Crippen molar-refractivity contribution in [2.24, 2.45) is 4.99 Å². The number of carbonyl (C=O) groups excluding carboxylic acids is 1. The summed E-state index contributed by atoms with van der Waals surface area (Å²) in [6.07, 6.45) is 1.92. The lowest BCUT2D eigenvalue weighted by molar-refractivity contribution is -0.121. The van der Waals surface area contributed by atoms with Gasteiger partial charge in [-0.2, -0.15) is 0 Å². The summed E-state index contributed by atoms with van der Waals surface area (Å²) >= 11 is 8.98. The molecule has 1 saturated heterocycles. The van der Waals surface area contributed by atoms with E-state index in [1.807, 2.05) is 60.7 Å². The largest absolute Gasteiger partial charge is 0.497 e. The third-order valence-electron chi connectivity index (χ3n) is 4.33. The van der Waals surface area contributed by atoms with Crippen LogP contribution in [0.2, 0.25) is 5.02 Å². The summed E-state index contributed by atoms with van der Waals surface area (Å²) in [4.78, 5) is 21.6. The third-order valence-corrected chi connectivity index (χ3v) is 6.72. The van der Waals surface area contributed by atoms with Crippen molar-refractivity contribution >= 4 is 57.5 Å². The molecule has 1 aliphatic heterocycles. The predicted octanol–water partition coefficient (Wildman–Crippen LogP) is 6.31. The Labute approximate surface area is 182 Å². The van der Waals surface area contributed by atoms with Gasteiger partial charge in [-0.3, -0.25) is 9.69 Å². The van der Waals surface area contributed by atoms with Crippen molar-refractivity contribution < 1.29 is 9.53 Å². The Bertz CT molecular complexity index is 1100. The average Bonchev–Trinajstić information content (AvgIpc) is 3.30. The van der Waals surface area contributed by atoms with Crippen molar-refractivity contribution in [3.05, 3.63) is 75.5 Å². The highest BCUT2D eigenvalue weighted by molar-refractivity contribution is 8.18. The molecule has 1 aliphatic rings. The Morgan fingerprint density at radius 1 is 1.03 bits per heavy atom. The molecule has 1 fully saturated rings. The number of ether oxygens (including phenoxy) is 1. The van der Waals surface area contributed by atoms with Gasteiger partial charge in [-0.1, -0.05) is 23.7 Å². The van der Waals surface area contributed by atoms with E-state index < -0.39 is 0 Å². The minimum atomic E-state index is -0.0521. The molecule has 3 aromatic rings. The van der Waals surface area contributed by atoms with Crippen LogP contribution in [0.25, 0.3) is 16.5 Å². The van der Waals surface area contributed by atoms with Crippen LogP contribution in [0, 0.1) is 0 Å². The molecule has 4 nitrogen and oxygen atoms in total. The summed E-state index contributed by atoms with van der Waals surface area (Å²) in [5, 5.41) is 1.37. The van der Waals surface area contributed by atoms with E-state index in [0.29, 0.717) is 15.1 Å². The van der Waals surface area contributed by atoms with Gasteiger partial charge in [0.15, 0.2) is 5.17 Å². The van der Waals surface area contributed by atoms with Crippen molar-refractivity contribution in [2.45, 2.75) is 0 Å². The Balaban J connectivity index is 1.56. The lowest BCUT2D eigenvalue weighted by Crippen LogP contribution is -2.23. The zero-order chi connectivity index (χ0) is 20.4. The van der Waals surface area contributed by atoms with Gasteiger partial charge in [0.1, 0.15) is 5.75 Å². The molecule has 4 rings (SSSR count). The van der Waals surface area contributed by atoms with E-state index in [2.05, 4.69) is 11.1 Å². The van der Waals surface area contributed by atoms with Crippen LogP contribution in [0.5, 0.6) is 5.75 Å². The zero-order valence-corrected chi connectivity index (χ0v) is 18.1. The first-order valence-electron chi connectivity index (χ1n) is 8.79. The number of thioether (sulfide) groups is 1. The highest BCUT2D eigenvalue weighted by Gasteiger charge is 2.30. The van der Waals surface area contributed by atoms with E-state index in [-0.39, 0.29) is 5.91 Å². The minimum Gasteiger partial charge on any atom is -0.497 e. The maximum absolute atomic E-state index is 12.7. The molecule has 0 bridgehead atoms. The van der Waals surface area contributed by atoms with Crippen LogP contribution in [0.4, 0.5) is 5.69 Å². The number of amides is 1. The molecule has 0 radical (unpaired) electrons. The Kier molecular flexibility index (Phi) is 5.76. The van der Waals surface area contributed by atoms with Crippen LogP contribution in [-0.4, -0.2) is 30.1 Å². The first-order valence-corrected chi connectivity index (χ1v) is 10.8. The second kappa shape index (κ2) is 8.45. The molecule has 29 heavy (non-hydrogen) atoms. The first kappa shape index (κ1) is 19.8. The van der Waals surface area contributed by atoms with Gasteiger partial charge in [-0.05, 0) is 71.9 Å². The Morgan fingerprint density at radius 3 is 2.45 bits per heavy atom. The van der Waals surface area contributed by atoms with E-state index in [4.69, 9.17) is 16.3 Å². The number of carbonyl (C=O) groups is 1. The molecular weight excluding hydrogens is 424 g/mol. The monoisotopic (exact) mass is 440 g/mol. The topological polar surface area (TPSA) is 41.9 Å². The molecule has 146 valence electrons.